The Morgan fingerprint density at radius 1 is 1.00 bits per heavy atom. The molecule has 0 spiro atoms. The van der Waals surface area contributed by atoms with Crippen LogP contribution in [0.25, 0.3) is 11.6 Å². The Hall–Kier alpha value is -2.66. The zero-order valence-corrected chi connectivity index (χ0v) is 10.3. The molecule has 2 aromatic carbocycles. The Morgan fingerprint density at radius 3 is 2.32 bits per heavy atom. The van der Waals surface area contributed by atoms with Gasteiger partial charge in [0.1, 0.15) is 5.82 Å². The van der Waals surface area contributed by atoms with Crippen LogP contribution in [0.4, 0.5) is 4.39 Å². The van der Waals surface area contributed by atoms with E-state index in [0.717, 1.165) is 5.56 Å². The van der Waals surface area contributed by atoms with E-state index in [4.69, 9.17) is 5.26 Å². The minimum absolute atomic E-state index is 0.305. The van der Waals surface area contributed by atoms with Crippen LogP contribution in [0.5, 0.6) is 0 Å². The van der Waals surface area contributed by atoms with Crippen molar-refractivity contribution in [2.75, 3.05) is 0 Å². The van der Waals surface area contributed by atoms with Crippen LogP contribution in [0.3, 0.4) is 0 Å². The van der Waals surface area contributed by atoms with Crippen molar-refractivity contribution in [3.8, 4) is 6.07 Å². The molecule has 2 aromatic rings. The van der Waals surface area contributed by atoms with Gasteiger partial charge in [0.2, 0.25) is 0 Å². The lowest BCUT2D eigenvalue weighted by Gasteiger charge is -1.97. The van der Waals surface area contributed by atoms with Gasteiger partial charge in [-0.25, -0.2) is 4.39 Å². The second-order valence-corrected chi connectivity index (χ2v) is 3.97. The van der Waals surface area contributed by atoms with Crippen molar-refractivity contribution in [1.82, 2.24) is 0 Å². The van der Waals surface area contributed by atoms with Crippen LogP contribution >= 0.6 is 0 Å². The summed E-state index contributed by atoms with van der Waals surface area (Å²) < 4.78 is 12.8. The van der Waals surface area contributed by atoms with Crippen LogP contribution in [0.1, 0.15) is 11.1 Å². The van der Waals surface area contributed by atoms with Crippen LogP contribution < -0.4 is 0 Å². The number of halogens is 1. The van der Waals surface area contributed by atoms with Crippen molar-refractivity contribution >= 4 is 11.6 Å². The fourth-order valence-corrected chi connectivity index (χ4v) is 1.65. The van der Waals surface area contributed by atoms with Crippen molar-refractivity contribution in [3.05, 3.63) is 83.7 Å². The molecule has 0 aliphatic rings. The van der Waals surface area contributed by atoms with Crippen LogP contribution in [-0.4, -0.2) is 0 Å². The Bertz CT molecular complexity index is 631. The summed E-state index contributed by atoms with van der Waals surface area (Å²) in [5, 5.41) is 9.10. The second-order valence-electron chi connectivity index (χ2n) is 3.97. The number of allylic oxidation sites excluding steroid dienone is 3. The topological polar surface area (TPSA) is 23.8 Å². The first-order valence-electron chi connectivity index (χ1n) is 5.89. The minimum Gasteiger partial charge on any atom is -0.207 e. The Morgan fingerprint density at radius 2 is 1.68 bits per heavy atom. The maximum absolute atomic E-state index is 12.8. The fraction of sp³-hybridized carbons (Fsp3) is 0. The van der Waals surface area contributed by atoms with Gasteiger partial charge in [-0.05, 0) is 29.3 Å². The highest BCUT2D eigenvalue weighted by Crippen LogP contribution is 2.14. The molecule has 0 unspecified atom stereocenters. The van der Waals surface area contributed by atoms with Gasteiger partial charge in [0.15, 0.2) is 0 Å². The Kier molecular flexibility index (Phi) is 4.25. The van der Waals surface area contributed by atoms with Crippen molar-refractivity contribution < 1.29 is 4.39 Å². The highest BCUT2D eigenvalue weighted by molar-refractivity contribution is 5.78. The van der Waals surface area contributed by atoms with E-state index in [-0.39, 0.29) is 5.82 Å². The number of nitrogens with zero attached hydrogens (tertiary/aromatic N) is 1. The summed E-state index contributed by atoms with van der Waals surface area (Å²) in [4.78, 5) is 0. The highest BCUT2D eigenvalue weighted by atomic mass is 19.1. The van der Waals surface area contributed by atoms with Crippen molar-refractivity contribution in [2.45, 2.75) is 0 Å². The normalized spacial score (nSPS) is 11.5. The number of hydrogen-bond acceptors (Lipinski definition) is 1. The van der Waals surface area contributed by atoms with Crippen LogP contribution in [0.2, 0.25) is 0 Å². The van der Waals surface area contributed by atoms with E-state index in [1.54, 1.807) is 18.2 Å². The van der Waals surface area contributed by atoms with Crippen LogP contribution in [0, 0.1) is 17.1 Å². The maximum atomic E-state index is 12.8. The molecule has 0 N–H and O–H groups in total. The van der Waals surface area contributed by atoms with E-state index in [1.807, 2.05) is 42.5 Å². The van der Waals surface area contributed by atoms with Gasteiger partial charge < -0.3 is 0 Å². The van der Waals surface area contributed by atoms with Crippen molar-refractivity contribution in [2.24, 2.45) is 0 Å². The molecule has 92 valence electrons. The van der Waals surface area contributed by atoms with Gasteiger partial charge in [0.25, 0.3) is 0 Å². The molecule has 0 radical (unpaired) electrons. The van der Waals surface area contributed by atoms with Crippen LogP contribution in [-0.2, 0) is 0 Å². The molecule has 1 nitrogen and oxygen atoms in total. The standard InChI is InChI=1S/C17H12FN/c18-17-11-9-15(10-12-17)16(13-19)8-4-7-14-5-2-1-3-6-14/h1-12H/b7-4+,16-8-. The lowest BCUT2D eigenvalue weighted by molar-refractivity contribution is 0.627. The summed E-state index contributed by atoms with van der Waals surface area (Å²) in [5.41, 5.74) is 2.28. The zero-order valence-electron chi connectivity index (χ0n) is 10.3. The minimum atomic E-state index is -0.305. The van der Waals surface area contributed by atoms with E-state index in [0.29, 0.717) is 11.1 Å². The van der Waals surface area contributed by atoms with Gasteiger partial charge in [-0.2, -0.15) is 5.26 Å². The molecule has 0 aliphatic carbocycles. The van der Waals surface area contributed by atoms with E-state index in [9.17, 15) is 4.39 Å². The van der Waals surface area contributed by atoms with Gasteiger partial charge in [-0.3, -0.25) is 0 Å². The number of benzene rings is 2. The largest absolute Gasteiger partial charge is 0.207 e. The van der Waals surface area contributed by atoms with E-state index >= 15 is 0 Å². The van der Waals surface area contributed by atoms with E-state index < -0.39 is 0 Å². The summed E-state index contributed by atoms with van der Waals surface area (Å²) in [6, 6.07) is 17.8. The molecule has 0 heterocycles. The Labute approximate surface area is 111 Å². The molecule has 19 heavy (non-hydrogen) atoms. The summed E-state index contributed by atoms with van der Waals surface area (Å²) >= 11 is 0. The fourth-order valence-electron chi connectivity index (χ4n) is 1.65. The third kappa shape index (κ3) is 3.65. The number of rotatable bonds is 3. The first-order valence-corrected chi connectivity index (χ1v) is 5.89. The highest BCUT2D eigenvalue weighted by Gasteiger charge is 1.98. The molecule has 0 bridgehead atoms. The SMILES string of the molecule is N#C/C(=C/C=C/c1ccccc1)c1ccc(F)cc1. The third-order valence-corrected chi connectivity index (χ3v) is 2.63. The molecule has 0 amide bonds. The number of hydrogen-bond donors (Lipinski definition) is 0. The predicted octanol–water partition coefficient (Wildman–Crippen LogP) is 4.45. The number of nitriles is 1. The van der Waals surface area contributed by atoms with Gasteiger partial charge in [0.05, 0.1) is 11.6 Å². The van der Waals surface area contributed by atoms with Crippen molar-refractivity contribution in [1.29, 1.82) is 5.26 Å². The van der Waals surface area contributed by atoms with Crippen molar-refractivity contribution in [3.63, 3.8) is 0 Å². The summed E-state index contributed by atoms with van der Waals surface area (Å²) in [5.74, 6) is -0.305. The molecule has 0 fully saturated rings. The van der Waals surface area contributed by atoms with Gasteiger partial charge in [-0.1, -0.05) is 54.6 Å². The average molecular weight is 249 g/mol. The smallest absolute Gasteiger partial charge is 0.123 e. The zero-order chi connectivity index (χ0) is 13.5. The van der Waals surface area contributed by atoms with Gasteiger partial charge in [-0.15, -0.1) is 0 Å². The Balaban J connectivity index is 2.19. The van der Waals surface area contributed by atoms with E-state index in [1.165, 1.54) is 12.1 Å². The molecule has 2 heteroatoms. The quantitative estimate of drug-likeness (QED) is 0.582. The molecular formula is C17H12FN. The summed E-state index contributed by atoms with van der Waals surface area (Å²) in [7, 11) is 0. The van der Waals surface area contributed by atoms with Gasteiger partial charge in [0, 0.05) is 0 Å². The summed E-state index contributed by atoms with van der Waals surface area (Å²) in [6.45, 7) is 0. The summed E-state index contributed by atoms with van der Waals surface area (Å²) in [6.07, 6.45) is 5.46. The lowest BCUT2D eigenvalue weighted by Crippen LogP contribution is -1.81. The predicted molar refractivity (Wildman–Crippen MR) is 75.5 cm³/mol. The lowest BCUT2D eigenvalue weighted by atomic mass is 10.1. The van der Waals surface area contributed by atoms with Crippen LogP contribution in [0.15, 0.2) is 66.7 Å². The molecular weight excluding hydrogens is 237 g/mol. The molecule has 0 atom stereocenters. The first-order chi connectivity index (χ1) is 9.29. The molecule has 0 aromatic heterocycles. The molecule has 0 saturated carbocycles. The monoisotopic (exact) mass is 249 g/mol. The molecule has 0 saturated heterocycles. The average Bonchev–Trinajstić information content (AvgIpc) is 2.46. The first kappa shape index (κ1) is 12.8. The molecule has 0 aliphatic heterocycles. The maximum Gasteiger partial charge on any atom is 0.123 e. The third-order valence-electron chi connectivity index (χ3n) is 2.63. The molecule has 2 rings (SSSR count). The van der Waals surface area contributed by atoms with Gasteiger partial charge >= 0.3 is 0 Å². The second kappa shape index (κ2) is 6.32. The van der Waals surface area contributed by atoms with E-state index in [2.05, 4.69) is 6.07 Å².